The number of nitriles is 1. The van der Waals surface area contributed by atoms with E-state index in [0.29, 0.717) is 25.9 Å². The van der Waals surface area contributed by atoms with Crippen molar-refractivity contribution in [3.05, 3.63) is 65.7 Å². The summed E-state index contributed by atoms with van der Waals surface area (Å²) in [4.78, 5) is 14.8. The Kier molecular flexibility index (Phi) is 7.70. The van der Waals surface area contributed by atoms with E-state index in [9.17, 15) is 4.79 Å². The maximum absolute atomic E-state index is 13.0. The summed E-state index contributed by atoms with van der Waals surface area (Å²) in [5, 5.41) is 8.93. The number of amides is 1. The van der Waals surface area contributed by atoms with Crippen LogP contribution in [0.5, 0.6) is 5.75 Å². The van der Waals surface area contributed by atoms with Gasteiger partial charge in [-0.2, -0.15) is 5.26 Å². The molecule has 0 aliphatic carbocycles. The summed E-state index contributed by atoms with van der Waals surface area (Å²) in [6.45, 7) is 4.92. The van der Waals surface area contributed by atoms with Crippen molar-refractivity contribution in [2.75, 3.05) is 13.1 Å². The molecule has 1 unspecified atom stereocenters. The van der Waals surface area contributed by atoms with Crippen LogP contribution in [-0.2, 0) is 11.2 Å². The van der Waals surface area contributed by atoms with Gasteiger partial charge in [-0.05, 0) is 37.0 Å². The molecule has 4 heteroatoms. The first-order chi connectivity index (χ1) is 12.7. The van der Waals surface area contributed by atoms with E-state index in [1.807, 2.05) is 68.4 Å². The Balaban J connectivity index is 2.07. The van der Waals surface area contributed by atoms with Crippen LogP contribution in [0.3, 0.4) is 0 Å². The lowest BCUT2D eigenvalue weighted by Crippen LogP contribution is -2.43. The number of carbonyl (C=O) groups excluding carboxylic acids is 1. The van der Waals surface area contributed by atoms with Crippen molar-refractivity contribution in [2.45, 2.75) is 39.2 Å². The highest BCUT2D eigenvalue weighted by Crippen LogP contribution is 2.20. The van der Waals surface area contributed by atoms with Crippen molar-refractivity contribution < 1.29 is 9.53 Å². The van der Waals surface area contributed by atoms with Gasteiger partial charge in [-0.15, -0.1) is 0 Å². The van der Waals surface area contributed by atoms with Crippen molar-refractivity contribution in [1.29, 1.82) is 5.26 Å². The van der Waals surface area contributed by atoms with Gasteiger partial charge in [-0.1, -0.05) is 55.5 Å². The highest BCUT2D eigenvalue weighted by molar-refractivity contribution is 5.81. The number of aryl methyl sites for hydroxylation is 1. The van der Waals surface area contributed by atoms with Gasteiger partial charge in [0.1, 0.15) is 5.75 Å². The van der Waals surface area contributed by atoms with Crippen molar-refractivity contribution in [3.8, 4) is 11.8 Å². The van der Waals surface area contributed by atoms with Crippen LogP contribution in [-0.4, -0.2) is 30.0 Å². The van der Waals surface area contributed by atoms with E-state index in [-0.39, 0.29) is 5.91 Å². The first-order valence-corrected chi connectivity index (χ1v) is 9.07. The fraction of sp³-hybridized carbons (Fsp3) is 0.364. The number of hydrogen-bond acceptors (Lipinski definition) is 3. The fourth-order valence-electron chi connectivity index (χ4n) is 2.78. The second-order valence-corrected chi connectivity index (χ2v) is 6.25. The Hall–Kier alpha value is -2.80. The largest absolute Gasteiger partial charge is 0.480 e. The molecule has 0 aromatic heterocycles. The highest BCUT2D eigenvalue weighted by Gasteiger charge is 2.24. The quantitative estimate of drug-likeness (QED) is 0.683. The minimum Gasteiger partial charge on any atom is -0.480 e. The van der Waals surface area contributed by atoms with Crippen LogP contribution in [0.2, 0.25) is 0 Å². The highest BCUT2D eigenvalue weighted by atomic mass is 16.5. The second kappa shape index (κ2) is 10.2. The predicted octanol–water partition coefficient (Wildman–Crippen LogP) is 4.14. The molecule has 0 saturated heterocycles. The topological polar surface area (TPSA) is 53.3 Å². The first kappa shape index (κ1) is 19.5. The van der Waals surface area contributed by atoms with Gasteiger partial charge in [0.15, 0.2) is 6.10 Å². The molecule has 1 atom stereocenters. The molecule has 0 saturated carbocycles. The minimum atomic E-state index is -0.537. The SMILES string of the molecule is CCC(Oc1ccccc1C)C(=O)N(CCC#N)CCc1ccccc1. The lowest BCUT2D eigenvalue weighted by atomic mass is 10.1. The third-order valence-electron chi connectivity index (χ3n) is 4.33. The Morgan fingerprint density at radius 3 is 2.46 bits per heavy atom. The van der Waals surface area contributed by atoms with Gasteiger partial charge in [0.2, 0.25) is 0 Å². The van der Waals surface area contributed by atoms with Gasteiger partial charge in [-0.3, -0.25) is 4.79 Å². The standard InChI is InChI=1S/C22H26N2O2/c1-3-20(26-21-13-8-7-10-18(21)2)22(25)24(16-9-15-23)17-14-19-11-5-4-6-12-19/h4-8,10-13,20H,3,9,14,16-17H2,1-2H3. The van der Waals surface area contributed by atoms with E-state index in [2.05, 4.69) is 6.07 Å². The average Bonchev–Trinajstić information content (AvgIpc) is 2.68. The van der Waals surface area contributed by atoms with E-state index in [1.165, 1.54) is 5.56 Å². The number of nitrogens with zero attached hydrogens (tertiary/aromatic N) is 2. The zero-order valence-corrected chi connectivity index (χ0v) is 15.5. The van der Waals surface area contributed by atoms with Gasteiger partial charge in [0, 0.05) is 13.1 Å². The summed E-state index contributed by atoms with van der Waals surface area (Å²) in [6.07, 6.45) is 1.13. The molecule has 0 radical (unpaired) electrons. The lowest BCUT2D eigenvalue weighted by molar-refractivity contribution is -0.138. The Morgan fingerprint density at radius 2 is 1.81 bits per heavy atom. The zero-order chi connectivity index (χ0) is 18.8. The van der Waals surface area contributed by atoms with E-state index in [4.69, 9.17) is 10.00 Å². The minimum absolute atomic E-state index is 0.0538. The zero-order valence-electron chi connectivity index (χ0n) is 15.5. The summed E-state index contributed by atoms with van der Waals surface area (Å²) in [6, 6.07) is 19.9. The van der Waals surface area contributed by atoms with E-state index in [0.717, 1.165) is 17.7 Å². The maximum atomic E-state index is 13.0. The number of rotatable bonds is 9. The molecule has 2 aromatic carbocycles. The molecule has 0 bridgehead atoms. The molecule has 136 valence electrons. The average molecular weight is 350 g/mol. The van der Waals surface area contributed by atoms with Crippen molar-refractivity contribution in [3.63, 3.8) is 0 Å². The van der Waals surface area contributed by atoms with Gasteiger partial charge in [0.25, 0.3) is 5.91 Å². The molecule has 0 aliphatic rings. The summed E-state index contributed by atoms with van der Waals surface area (Å²) < 4.78 is 6.00. The van der Waals surface area contributed by atoms with Gasteiger partial charge >= 0.3 is 0 Å². The molecule has 0 N–H and O–H groups in total. The number of hydrogen-bond donors (Lipinski definition) is 0. The van der Waals surface area contributed by atoms with Gasteiger partial charge in [0.05, 0.1) is 12.5 Å². The van der Waals surface area contributed by atoms with Crippen LogP contribution < -0.4 is 4.74 Å². The van der Waals surface area contributed by atoms with Crippen molar-refractivity contribution >= 4 is 5.91 Å². The van der Waals surface area contributed by atoms with Crippen LogP contribution in [0.25, 0.3) is 0 Å². The maximum Gasteiger partial charge on any atom is 0.263 e. The molecule has 0 fully saturated rings. The third-order valence-corrected chi connectivity index (χ3v) is 4.33. The first-order valence-electron chi connectivity index (χ1n) is 9.07. The number of ether oxygens (including phenoxy) is 1. The summed E-state index contributed by atoms with van der Waals surface area (Å²) in [7, 11) is 0. The Morgan fingerprint density at radius 1 is 1.12 bits per heavy atom. The molecule has 2 aromatic rings. The number of benzene rings is 2. The molecule has 26 heavy (non-hydrogen) atoms. The predicted molar refractivity (Wildman–Crippen MR) is 103 cm³/mol. The van der Waals surface area contributed by atoms with E-state index >= 15 is 0 Å². The molecule has 1 amide bonds. The number of carbonyl (C=O) groups is 1. The molecule has 2 rings (SSSR count). The van der Waals surface area contributed by atoms with Crippen molar-refractivity contribution in [1.82, 2.24) is 4.90 Å². The molecular formula is C22H26N2O2. The second-order valence-electron chi connectivity index (χ2n) is 6.25. The summed E-state index contributed by atoms with van der Waals surface area (Å²) >= 11 is 0. The van der Waals surface area contributed by atoms with E-state index in [1.54, 1.807) is 4.90 Å². The Bertz CT molecular complexity index is 737. The number of para-hydroxylation sites is 1. The van der Waals surface area contributed by atoms with Crippen LogP contribution in [0, 0.1) is 18.3 Å². The van der Waals surface area contributed by atoms with Gasteiger partial charge in [-0.25, -0.2) is 0 Å². The van der Waals surface area contributed by atoms with Crippen LogP contribution >= 0.6 is 0 Å². The third kappa shape index (κ3) is 5.63. The molecule has 0 heterocycles. The van der Waals surface area contributed by atoms with Crippen LogP contribution in [0.4, 0.5) is 0 Å². The summed E-state index contributed by atoms with van der Waals surface area (Å²) in [5.41, 5.74) is 2.18. The summed E-state index contributed by atoms with van der Waals surface area (Å²) in [5.74, 6) is 0.679. The van der Waals surface area contributed by atoms with Crippen molar-refractivity contribution in [2.24, 2.45) is 0 Å². The molecule has 0 aliphatic heterocycles. The fourth-order valence-corrected chi connectivity index (χ4v) is 2.78. The van der Waals surface area contributed by atoms with Gasteiger partial charge < -0.3 is 9.64 Å². The molecule has 4 nitrogen and oxygen atoms in total. The Labute approximate surface area is 156 Å². The molecule has 0 spiro atoms. The lowest BCUT2D eigenvalue weighted by Gasteiger charge is -2.27. The molecular weight excluding hydrogens is 324 g/mol. The normalized spacial score (nSPS) is 11.4. The van der Waals surface area contributed by atoms with Crippen LogP contribution in [0.1, 0.15) is 30.9 Å². The van der Waals surface area contributed by atoms with Crippen LogP contribution in [0.15, 0.2) is 54.6 Å². The smallest absolute Gasteiger partial charge is 0.263 e. The monoisotopic (exact) mass is 350 g/mol. The van der Waals surface area contributed by atoms with E-state index < -0.39 is 6.10 Å².